The van der Waals surface area contributed by atoms with E-state index in [1.807, 2.05) is 0 Å². The van der Waals surface area contributed by atoms with Crippen molar-refractivity contribution in [3.05, 3.63) is 46.2 Å². The highest BCUT2D eigenvalue weighted by Crippen LogP contribution is 2.57. The van der Waals surface area contributed by atoms with Gasteiger partial charge in [0.1, 0.15) is 28.9 Å². The number of aromatic hydroxyl groups is 1. The molecule has 0 aliphatic heterocycles. The summed E-state index contributed by atoms with van der Waals surface area (Å²) in [6.45, 7) is 0.956. The smallest absolute Gasteiger partial charge is 0.320 e. The summed E-state index contributed by atoms with van der Waals surface area (Å²) in [6, 6.07) is 1.80. The molecule has 1 amide bonds. The van der Waals surface area contributed by atoms with Crippen molar-refractivity contribution < 1.29 is 62.8 Å². The third-order valence-corrected chi connectivity index (χ3v) is 8.57. The Hall–Kier alpha value is -3.52. The summed E-state index contributed by atoms with van der Waals surface area (Å²) in [5, 5.41) is 70.4. The predicted molar refractivity (Wildman–Crippen MR) is 164 cm³/mol. The number of carboxylic acid groups (broad SMARTS) is 1. The van der Waals surface area contributed by atoms with Crippen LogP contribution in [0.2, 0.25) is 0 Å². The number of aliphatic hydroxyl groups excluding tert-OH is 2. The third kappa shape index (κ3) is 6.64. The second kappa shape index (κ2) is 13.3. The highest BCUT2D eigenvalue weighted by Gasteiger charge is 2.66. The van der Waals surface area contributed by atoms with Crippen LogP contribution in [0, 0.1) is 11.8 Å². The van der Waals surface area contributed by atoms with Gasteiger partial charge in [-0.25, -0.2) is 0 Å². The molecule has 0 spiro atoms. The Bertz CT molecular complexity index is 1610. The highest BCUT2D eigenvalue weighted by molar-refractivity contribution is 7.85. The van der Waals surface area contributed by atoms with Crippen LogP contribution in [-0.4, -0.2) is 122 Å². The maximum Gasteiger partial charge on any atom is 0.320 e. The lowest BCUT2D eigenvalue weighted by molar-refractivity contribution is -0.159. The number of benzene rings is 1. The molecule has 3 aliphatic rings. The van der Waals surface area contributed by atoms with Gasteiger partial charge < -0.3 is 36.0 Å². The summed E-state index contributed by atoms with van der Waals surface area (Å²) in [5.41, 5.74) is -6.12. The Morgan fingerprint density at radius 3 is 2.26 bits per heavy atom. The minimum absolute atomic E-state index is 0.127. The minimum Gasteiger partial charge on any atom is -0.508 e. The van der Waals surface area contributed by atoms with Gasteiger partial charge in [0.05, 0.1) is 30.1 Å². The molecule has 254 valence electrons. The number of fused-ring (bicyclic) bond motifs is 3. The molecule has 4 rings (SSSR count). The van der Waals surface area contributed by atoms with Crippen LogP contribution in [0.4, 0.5) is 0 Å². The Morgan fingerprint density at radius 2 is 1.74 bits per heavy atom. The van der Waals surface area contributed by atoms with Crippen molar-refractivity contribution in [1.82, 2.24) is 15.5 Å². The fraction of sp³-hybridized carbons (Fsp3) is 0.500. The number of phenols is 1. The van der Waals surface area contributed by atoms with E-state index in [0.29, 0.717) is 6.26 Å². The summed E-state index contributed by atoms with van der Waals surface area (Å²) in [5.74, 6) is -9.08. The lowest BCUT2D eigenvalue weighted by Gasteiger charge is -2.53. The number of carboxylic acids is 1. The van der Waals surface area contributed by atoms with E-state index >= 15 is 0 Å². The van der Waals surface area contributed by atoms with Crippen LogP contribution < -0.4 is 10.6 Å². The largest absolute Gasteiger partial charge is 0.508 e. The first-order chi connectivity index (χ1) is 21.1. The Morgan fingerprint density at radius 1 is 1.15 bits per heavy atom. The van der Waals surface area contributed by atoms with Crippen molar-refractivity contribution in [1.29, 1.82) is 0 Å². The van der Waals surface area contributed by atoms with Gasteiger partial charge in [0.15, 0.2) is 11.4 Å². The average molecular weight is 688 g/mol. The molecule has 16 nitrogen and oxygen atoms in total. The van der Waals surface area contributed by atoms with Gasteiger partial charge in [0, 0.05) is 17.4 Å². The zero-order valence-corrected chi connectivity index (χ0v) is 27.0. The first-order valence-corrected chi connectivity index (χ1v) is 16.3. The molecule has 0 heterocycles. The summed E-state index contributed by atoms with van der Waals surface area (Å²) in [6.07, 6.45) is 0.581. The molecular formula is C28H37N3O13S2. The van der Waals surface area contributed by atoms with Crippen molar-refractivity contribution in [2.75, 3.05) is 32.8 Å². The number of aliphatic carboxylic acids is 1. The molecule has 1 fully saturated rings. The van der Waals surface area contributed by atoms with Crippen LogP contribution in [0.1, 0.15) is 30.9 Å². The number of likely N-dealkylation sites (N-methyl/N-ethyl adjacent to an activating group) is 1. The fourth-order valence-corrected chi connectivity index (χ4v) is 6.53. The number of ketones is 2. The lowest BCUT2D eigenvalue weighted by Crippen LogP contribution is -2.67. The number of aliphatic hydroxyl groups is 4. The summed E-state index contributed by atoms with van der Waals surface area (Å²) < 4.78 is 25.9. The second-order valence-corrected chi connectivity index (χ2v) is 13.5. The van der Waals surface area contributed by atoms with Crippen molar-refractivity contribution in [2.24, 2.45) is 11.8 Å². The van der Waals surface area contributed by atoms with Crippen LogP contribution in [0.3, 0.4) is 0 Å². The molecular weight excluding hydrogens is 650 g/mol. The topological polar surface area (TPSA) is 271 Å². The van der Waals surface area contributed by atoms with E-state index in [1.165, 1.54) is 44.1 Å². The maximum atomic E-state index is 14.0. The van der Waals surface area contributed by atoms with Crippen molar-refractivity contribution >= 4 is 51.9 Å². The van der Waals surface area contributed by atoms with E-state index in [-0.39, 0.29) is 29.7 Å². The molecule has 0 bridgehead atoms. The van der Waals surface area contributed by atoms with Gasteiger partial charge in [-0.05, 0) is 51.2 Å². The highest BCUT2D eigenvalue weighted by atomic mass is 32.2. The van der Waals surface area contributed by atoms with E-state index in [0.717, 1.165) is 0 Å². The number of rotatable bonds is 8. The van der Waals surface area contributed by atoms with Gasteiger partial charge in [-0.2, -0.15) is 21.0 Å². The van der Waals surface area contributed by atoms with E-state index in [1.54, 1.807) is 0 Å². The first-order valence-electron chi connectivity index (χ1n) is 13.8. The molecule has 9 N–H and O–H groups in total. The van der Waals surface area contributed by atoms with Gasteiger partial charge in [-0.1, -0.05) is 12.1 Å². The van der Waals surface area contributed by atoms with Crippen LogP contribution >= 0.6 is 12.6 Å². The Labute approximate surface area is 269 Å². The zero-order valence-electron chi connectivity index (χ0n) is 25.3. The average Bonchev–Trinajstić information content (AvgIpc) is 2.92. The molecule has 6 atom stereocenters. The molecule has 0 radical (unpaired) electrons. The molecule has 46 heavy (non-hydrogen) atoms. The minimum atomic E-state index is -3.67. The third-order valence-electron chi connectivity index (χ3n) is 8.31. The molecule has 1 aromatic carbocycles. The number of hydrogen-bond donors (Lipinski definition) is 10. The van der Waals surface area contributed by atoms with Gasteiger partial charge in [0.25, 0.3) is 16.0 Å². The Balaban J connectivity index is 0.00000107. The van der Waals surface area contributed by atoms with Gasteiger partial charge in [0.2, 0.25) is 5.78 Å². The summed E-state index contributed by atoms with van der Waals surface area (Å²) in [7, 11) is -0.700. The van der Waals surface area contributed by atoms with Gasteiger partial charge in [-0.15, -0.1) is 0 Å². The van der Waals surface area contributed by atoms with Crippen LogP contribution in [0.5, 0.6) is 5.75 Å². The summed E-state index contributed by atoms with van der Waals surface area (Å²) >= 11 is 3.99. The normalized spacial score (nSPS) is 28.1. The molecule has 1 aromatic rings. The number of nitrogens with zero attached hydrogens (tertiary/aromatic N) is 1. The van der Waals surface area contributed by atoms with E-state index in [9.17, 15) is 58.2 Å². The van der Waals surface area contributed by atoms with E-state index in [4.69, 9.17) is 4.55 Å². The van der Waals surface area contributed by atoms with Crippen LogP contribution in [0.25, 0.3) is 5.76 Å². The lowest BCUT2D eigenvalue weighted by atomic mass is 9.54. The summed E-state index contributed by atoms with van der Waals surface area (Å²) in [4.78, 5) is 53.6. The number of phenolic OH excluding ortho intramolecular Hbond substituents is 1. The number of amides is 1. The monoisotopic (exact) mass is 687 g/mol. The van der Waals surface area contributed by atoms with Crippen molar-refractivity contribution in [2.45, 2.75) is 43.1 Å². The number of thiol groups is 1. The molecule has 6 unspecified atom stereocenters. The molecule has 0 saturated heterocycles. The first kappa shape index (κ1) is 36.9. The van der Waals surface area contributed by atoms with E-state index in [2.05, 4.69) is 23.3 Å². The van der Waals surface area contributed by atoms with Crippen LogP contribution in [-0.2, 0) is 34.9 Å². The maximum absolute atomic E-state index is 14.0. The molecule has 18 heteroatoms. The molecule has 0 aromatic heterocycles. The number of nitrogens with one attached hydrogen (secondary N) is 2. The van der Waals surface area contributed by atoms with Gasteiger partial charge >= 0.3 is 5.97 Å². The van der Waals surface area contributed by atoms with Crippen molar-refractivity contribution in [3.63, 3.8) is 0 Å². The zero-order chi connectivity index (χ0) is 35.1. The second-order valence-electron chi connectivity index (χ2n) is 11.6. The standard InChI is InChI=1S/C27H33N3O10S.CH4O3S/c1-26(39)11-5-4-6-15(31)16(11)20(32)17-12(26)9-13-19(30(2)3)21(33)18(23(35)27(13,40)22(17)34)24(36)29-10-28-14(7-8-41)25(37)38;1-5(2,3)4/h4-6,12-14,19,28,31-32,35,39-41H,7-10H2,1-3H3,(H,29,36)(H,37,38);1H3,(H,2,3,4). The molecule has 1 saturated carbocycles. The molecule has 3 aliphatic carbocycles. The number of carbonyl (C=O) groups is 4. The SMILES string of the molecule is CN(C)C1C(=O)C(C(=O)NCNC(CCS)C(=O)O)=C(O)C2(O)C(=O)C3=C(O)c4c(O)cccc4C(C)(O)C3CC12.CS(=O)(=O)O. The van der Waals surface area contributed by atoms with E-state index < -0.39 is 104 Å². The predicted octanol–water partition coefficient (Wildman–Crippen LogP) is -0.916. The Kier molecular flexibility index (Phi) is 10.7. The number of Topliss-reactive ketones (excluding diaryl/α,β-unsaturated/α-hetero) is 2. The fourth-order valence-electron chi connectivity index (χ4n) is 6.27. The van der Waals surface area contributed by atoms with Crippen molar-refractivity contribution in [3.8, 4) is 5.75 Å². The number of carbonyl (C=O) groups excluding carboxylic acids is 3. The van der Waals surface area contributed by atoms with Gasteiger partial charge in [-0.3, -0.25) is 33.9 Å². The van der Waals surface area contributed by atoms with Crippen LogP contribution in [0.15, 0.2) is 35.1 Å². The quantitative estimate of drug-likeness (QED) is 0.0685. The number of hydrogen-bond acceptors (Lipinski definition) is 14.